The number of unbranched alkanes of at least 4 members (excludes halogenated alkanes) is 2. The summed E-state index contributed by atoms with van der Waals surface area (Å²) in [6.07, 6.45) is 4.73. The summed E-state index contributed by atoms with van der Waals surface area (Å²) in [5.41, 5.74) is 1.71. The Hall–Kier alpha value is -1.58. The summed E-state index contributed by atoms with van der Waals surface area (Å²) in [6, 6.07) is 5.66. The largest absolute Gasteiger partial charge is 0.382 e. The second-order valence-electron chi connectivity index (χ2n) is 4.80. The summed E-state index contributed by atoms with van der Waals surface area (Å²) in [5.74, 6) is 0. The Morgan fingerprint density at radius 1 is 1.39 bits per heavy atom. The van der Waals surface area contributed by atoms with Gasteiger partial charge in [-0.1, -0.05) is 32.3 Å². The number of aryl methyl sites for hydroxylation is 1. The number of nitro groups is 1. The molecule has 0 aliphatic carbocycles. The molecule has 0 spiro atoms. The van der Waals surface area contributed by atoms with Crippen LogP contribution < -0.4 is 5.32 Å². The minimum absolute atomic E-state index is 0.181. The second-order valence-corrected chi connectivity index (χ2v) is 4.80. The first-order chi connectivity index (χ1) is 8.54. The average molecular weight is 250 g/mol. The van der Waals surface area contributed by atoms with Crippen molar-refractivity contribution < 1.29 is 4.92 Å². The van der Waals surface area contributed by atoms with Crippen LogP contribution in [0, 0.1) is 17.0 Å². The highest BCUT2D eigenvalue weighted by atomic mass is 16.6. The number of benzene rings is 1. The van der Waals surface area contributed by atoms with Crippen LogP contribution in [0.2, 0.25) is 0 Å². The van der Waals surface area contributed by atoms with Crippen molar-refractivity contribution in [1.82, 2.24) is 0 Å². The molecule has 1 unspecified atom stereocenters. The van der Waals surface area contributed by atoms with Gasteiger partial charge < -0.3 is 5.32 Å². The van der Waals surface area contributed by atoms with Crippen LogP contribution in [0.3, 0.4) is 0 Å². The zero-order chi connectivity index (χ0) is 13.5. The van der Waals surface area contributed by atoms with Crippen molar-refractivity contribution in [2.45, 2.75) is 52.5 Å². The van der Waals surface area contributed by atoms with Crippen molar-refractivity contribution in [1.29, 1.82) is 0 Å². The maximum absolute atomic E-state index is 10.8. The van der Waals surface area contributed by atoms with E-state index in [2.05, 4.69) is 19.2 Å². The van der Waals surface area contributed by atoms with Crippen LogP contribution in [-0.2, 0) is 0 Å². The standard InChI is InChI=1S/C14H22N2O2/c1-4-5-6-7-12(3)15-13-9-8-11(2)14(10-13)16(17)18/h8-10,12,15H,4-7H2,1-3H3. The van der Waals surface area contributed by atoms with Gasteiger partial charge in [-0.3, -0.25) is 10.1 Å². The summed E-state index contributed by atoms with van der Waals surface area (Å²) in [4.78, 5) is 10.5. The van der Waals surface area contributed by atoms with E-state index in [1.54, 1.807) is 19.1 Å². The number of hydrogen-bond donors (Lipinski definition) is 1. The van der Waals surface area contributed by atoms with E-state index < -0.39 is 0 Å². The predicted octanol–water partition coefficient (Wildman–Crippen LogP) is 4.28. The molecule has 0 amide bonds. The van der Waals surface area contributed by atoms with Crippen LogP contribution >= 0.6 is 0 Å². The normalized spacial score (nSPS) is 12.2. The molecule has 1 N–H and O–H groups in total. The first-order valence-electron chi connectivity index (χ1n) is 6.56. The summed E-state index contributed by atoms with van der Waals surface area (Å²) in [5, 5.41) is 14.2. The lowest BCUT2D eigenvalue weighted by Gasteiger charge is -2.15. The fourth-order valence-corrected chi connectivity index (χ4v) is 1.95. The highest BCUT2D eigenvalue weighted by molar-refractivity contribution is 5.55. The molecule has 0 aromatic heterocycles. The van der Waals surface area contributed by atoms with Crippen molar-refractivity contribution in [2.75, 3.05) is 5.32 Å². The predicted molar refractivity (Wildman–Crippen MR) is 75.1 cm³/mol. The van der Waals surface area contributed by atoms with Crippen molar-refractivity contribution in [3.05, 3.63) is 33.9 Å². The zero-order valence-corrected chi connectivity index (χ0v) is 11.4. The fraction of sp³-hybridized carbons (Fsp3) is 0.571. The molecule has 1 rings (SSSR count). The second kappa shape index (κ2) is 6.99. The maximum atomic E-state index is 10.8. The number of nitrogens with one attached hydrogen (secondary N) is 1. The maximum Gasteiger partial charge on any atom is 0.274 e. The van der Waals surface area contributed by atoms with Crippen LogP contribution in [0.1, 0.15) is 45.1 Å². The van der Waals surface area contributed by atoms with E-state index in [1.165, 1.54) is 19.3 Å². The lowest BCUT2D eigenvalue weighted by molar-refractivity contribution is -0.385. The van der Waals surface area contributed by atoms with E-state index in [1.807, 2.05) is 6.07 Å². The lowest BCUT2D eigenvalue weighted by Crippen LogP contribution is -2.15. The van der Waals surface area contributed by atoms with Gasteiger partial charge in [0.15, 0.2) is 0 Å². The first-order valence-corrected chi connectivity index (χ1v) is 6.56. The van der Waals surface area contributed by atoms with Crippen molar-refractivity contribution in [2.24, 2.45) is 0 Å². The molecule has 4 heteroatoms. The summed E-state index contributed by atoms with van der Waals surface area (Å²) in [6.45, 7) is 6.05. The molecule has 0 bridgehead atoms. The number of nitrogens with zero attached hydrogens (tertiary/aromatic N) is 1. The fourth-order valence-electron chi connectivity index (χ4n) is 1.95. The molecule has 1 aromatic rings. The van der Waals surface area contributed by atoms with Crippen LogP contribution in [0.4, 0.5) is 11.4 Å². The SMILES string of the molecule is CCCCCC(C)Nc1ccc(C)c([N+](=O)[O-])c1. The van der Waals surface area contributed by atoms with Gasteiger partial charge in [0.1, 0.15) is 0 Å². The van der Waals surface area contributed by atoms with Gasteiger partial charge in [0.05, 0.1) is 4.92 Å². The van der Waals surface area contributed by atoms with E-state index in [4.69, 9.17) is 0 Å². The molecule has 0 heterocycles. The Labute approximate surface area is 109 Å². The van der Waals surface area contributed by atoms with Gasteiger partial charge in [0.2, 0.25) is 0 Å². The Balaban J connectivity index is 2.62. The number of rotatable bonds is 7. The summed E-state index contributed by atoms with van der Waals surface area (Å²) < 4.78 is 0. The molecule has 0 fully saturated rings. The van der Waals surface area contributed by atoms with Crippen molar-refractivity contribution in [3.8, 4) is 0 Å². The number of nitro benzene ring substituents is 1. The minimum atomic E-state index is -0.331. The van der Waals surface area contributed by atoms with Gasteiger partial charge in [-0.15, -0.1) is 0 Å². The molecule has 1 atom stereocenters. The smallest absolute Gasteiger partial charge is 0.274 e. The van der Waals surface area contributed by atoms with Gasteiger partial charge in [0, 0.05) is 23.4 Å². The van der Waals surface area contributed by atoms with Crippen LogP contribution in [0.5, 0.6) is 0 Å². The van der Waals surface area contributed by atoms with E-state index in [9.17, 15) is 10.1 Å². The van der Waals surface area contributed by atoms with Crippen molar-refractivity contribution >= 4 is 11.4 Å². The lowest BCUT2D eigenvalue weighted by atomic mass is 10.1. The molecule has 0 saturated heterocycles. The van der Waals surface area contributed by atoms with Crippen molar-refractivity contribution in [3.63, 3.8) is 0 Å². The first kappa shape index (κ1) is 14.5. The number of anilines is 1. The molecule has 4 nitrogen and oxygen atoms in total. The highest BCUT2D eigenvalue weighted by Gasteiger charge is 2.11. The van der Waals surface area contributed by atoms with Gasteiger partial charge in [-0.2, -0.15) is 0 Å². The molecule has 1 aromatic carbocycles. The quantitative estimate of drug-likeness (QED) is 0.446. The molecule has 0 saturated carbocycles. The Kier molecular flexibility index (Phi) is 5.62. The van der Waals surface area contributed by atoms with E-state index in [0.717, 1.165) is 12.1 Å². The Morgan fingerprint density at radius 2 is 2.11 bits per heavy atom. The zero-order valence-electron chi connectivity index (χ0n) is 11.4. The topological polar surface area (TPSA) is 55.2 Å². The molecular formula is C14H22N2O2. The Bertz CT molecular complexity index is 405. The monoisotopic (exact) mass is 250 g/mol. The summed E-state index contributed by atoms with van der Waals surface area (Å²) >= 11 is 0. The van der Waals surface area contributed by atoms with Crippen LogP contribution in [0.15, 0.2) is 18.2 Å². The Morgan fingerprint density at radius 3 is 2.72 bits per heavy atom. The van der Waals surface area contributed by atoms with Gasteiger partial charge in [0.25, 0.3) is 5.69 Å². The van der Waals surface area contributed by atoms with Crippen LogP contribution in [0.25, 0.3) is 0 Å². The highest BCUT2D eigenvalue weighted by Crippen LogP contribution is 2.23. The molecule has 100 valence electrons. The van der Waals surface area contributed by atoms with E-state index >= 15 is 0 Å². The van der Waals surface area contributed by atoms with E-state index in [-0.39, 0.29) is 10.6 Å². The molecule has 18 heavy (non-hydrogen) atoms. The van der Waals surface area contributed by atoms with Gasteiger partial charge in [-0.25, -0.2) is 0 Å². The van der Waals surface area contributed by atoms with Gasteiger partial charge in [-0.05, 0) is 26.3 Å². The molecular weight excluding hydrogens is 228 g/mol. The average Bonchev–Trinajstić information content (AvgIpc) is 2.31. The molecule has 0 aliphatic rings. The van der Waals surface area contributed by atoms with Crippen LogP contribution in [-0.4, -0.2) is 11.0 Å². The summed E-state index contributed by atoms with van der Waals surface area (Å²) in [7, 11) is 0. The molecule has 0 aliphatic heterocycles. The third kappa shape index (κ3) is 4.35. The van der Waals surface area contributed by atoms with E-state index in [0.29, 0.717) is 11.6 Å². The number of hydrogen-bond acceptors (Lipinski definition) is 3. The molecule has 0 radical (unpaired) electrons. The minimum Gasteiger partial charge on any atom is -0.382 e. The third-order valence-electron chi connectivity index (χ3n) is 3.06. The van der Waals surface area contributed by atoms with Gasteiger partial charge >= 0.3 is 0 Å². The third-order valence-corrected chi connectivity index (χ3v) is 3.06.